The standard InChI is InChI=1S/C25H25Cl2N3O3/c26-21-2-1-3-22(27)24(21)30-23(20(14-28-30)16-4-5-16)15-33-19-10-12-29(13-11-19)18-8-6-17(7-9-18)25(31)32/h1-3,6-9,14,16,19H,4-5,10-13,15H2,(H,31,32). The molecule has 1 saturated carbocycles. The van der Waals surface area contributed by atoms with Crippen LogP contribution in [0.15, 0.2) is 48.7 Å². The predicted molar refractivity (Wildman–Crippen MR) is 129 cm³/mol. The summed E-state index contributed by atoms with van der Waals surface area (Å²) < 4.78 is 8.22. The van der Waals surface area contributed by atoms with Crippen LogP contribution in [0.4, 0.5) is 5.69 Å². The number of carboxylic acid groups (broad SMARTS) is 1. The molecule has 1 aliphatic carbocycles. The van der Waals surface area contributed by atoms with E-state index in [0.717, 1.165) is 37.3 Å². The highest BCUT2D eigenvalue weighted by molar-refractivity contribution is 6.37. The van der Waals surface area contributed by atoms with Gasteiger partial charge in [-0.3, -0.25) is 0 Å². The Morgan fingerprint density at radius 2 is 1.70 bits per heavy atom. The fraction of sp³-hybridized carbons (Fsp3) is 0.360. The number of hydrogen-bond donors (Lipinski definition) is 1. The SMILES string of the molecule is O=C(O)c1ccc(N2CCC(OCc3c(C4CC4)cnn3-c3c(Cl)cccc3Cl)CC2)cc1. The molecule has 6 nitrogen and oxygen atoms in total. The topological polar surface area (TPSA) is 67.6 Å². The average Bonchev–Trinajstić information content (AvgIpc) is 3.58. The van der Waals surface area contributed by atoms with Gasteiger partial charge in [-0.05, 0) is 73.6 Å². The van der Waals surface area contributed by atoms with Crippen molar-refractivity contribution in [3.05, 3.63) is 75.5 Å². The van der Waals surface area contributed by atoms with E-state index in [2.05, 4.69) is 10.00 Å². The van der Waals surface area contributed by atoms with Crippen LogP contribution in [0.3, 0.4) is 0 Å². The third-order valence-corrected chi connectivity index (χ3v) is 7.05. The van der Waals surface area contributed by atoms with Crippen molar-refractivity contribution in [2.75, 3.05) is 18.0 Å². The van der Waals surface area contributed by atoms with Crippen molar-refractivity contribution < 1.29 is 14.6 Å². The predicted octanol–water partition coefficient (Wildman–Crippen LogP) is 5.94. The number of para-hydroxylation sites is 1. The molecule has 2 fully saturated rings. The van der Waals surface area contributed by atoms with Crippen LogP contribution in [0.25, 0.3) is 5.69 Å². The van der Waals surface area contributed by atoms with Gasteiger partial charge in [0.1, 0.15) is 5.69 Å². The first-order valence-corrected chi connectivity index (χ1v) is 12.0. The minimum Gasteiger partial charge on any atom is -0.478 e. The van der Waals surface area contributed by atoms with Crippen LogP contribution in [0, 0.1) is 0 Å². The van der Waals surface area contributed by atoms with E-state index in [9.17, 15) is 4.79 Å². The Bertz CT molecular complexity index is 1130. The fourth-order valence-corrected chi connectivity index (χ4v) is 5.00. The summed E-state index contributed by atoms with van der Waals surface area (Å²) in [6, 6.07) is 12.5. The molecule has 1 aliphatic heterocycles. The van der Waals surface area contributed by atoms with E-state index in [1.165, 1.54) is 18.4 Å². The molecule has 0 unspecified atom stereocenters. The highest BCUT2D eigenvalue weighted by Gasteiger charge is 2.30. The van der Waals surface area contributed by atoms with E-state index in [1.807, 2.05) is 41.2 Å². The van der Waals surface area contributed by atoms with Gasteiger partial charge in [0.05, 0.1) is 40.2 Å². The minimum atomic E-state index is -0.906. The lowest BCUT2D eigenvalue weighted by Crippen LogP contribution is -2.37. The molecule has 0 amide bonds. The lowest BCUT2D eigenvalue weighted by atomic mass is 10.1. The van der Waals surface area contributed by atoms with E-state index in [-0.39, 0.29) is 6.10 Å². The molecule has 2 aromatic carbocycles. The summed E-state index contributed by atoms with van der Waals surface area (Å²) in [7, 11) is 0. The van der Waals surface area contributed by atoms with Crippen molar-refractivity contribution in [3.8, 4) is 5.69 Å². The summed E-state index contributed by atoms with van der Waals surface area (Å²) in [6.45, 7) is 2.19. The third-order valence-electron chi connectivity index (χ3n) is 6.44. The number of aromatic nitrogens is 2. The van der Waals surface area contributed by atoms with E-state index >= 15 is 0 Å². The van der Waals surface area contributed by atoms with Crippen molar-refractivity contribution in [1.29, 1.82) is 0 Å². The molecule has 2 heterocycles. The van der Waals surface area contributed by atoms with Gasteiger partial charge in [-0.15, -0.1) is 0 Å². The summed E-state index contributed by atoms with van der Waals surface area (Å²) >= 11 is 12.9. The van der Waals surface area contributed by atoms with Crippen LogP contribution in [-0.4, -0.2) is 40.0 Å². The number of hydrogen-bond acceptors (Lipinski definition) is 4. The van der Waals surface area contributed by atoms with E-state index in [1.54, 1.807) is 12.1 Å². The van der Waals surface area contributed by atoms with Crippen LogP contribution in [0.1, 0.15) is 53.2 Å². The number of rotatable bonds is 7. The number of benzene rings is 2. The van der Waals surface area contributed by atoms with Gasteiger partial charge in [-0.2, -0.15) is 5.10 Å². The normalized spacial score (nSPS) is 16.8. The Morgan fingerprint density at radius 3 is 2.30 bits per heavy atom. The highest BCUT2D eigenvalue weighted by atomic mass is 35.5. The first-order chi connectivity index (χ1) is 16.0. The summed E-state index contributed by atoms with van der Waals surface area (Å²) in [5, 5.41) is 14.8. The number of anilines is 1. The second-order valence-corrected chi connectivity index (χ2v) is 9.47. The Morgan fingerprint density at radius 1 is 1.03 bits per heavy atom. The second-order valence-electron chi connectivity index (χ2n) is 8.65. The van der Waals surface area contributed by atoms with Gasteiger partial charge in [-0.25, -0.2) is 9.48 Å². The first kappa shape index (κ1) is 22.3. The van der Waals surface area contributed by atoms with Crippen molar-refractivity contribution in [2.24, 2.45) is 0 Å². The quantitative estimate of drug-likeness (QED) is 0.448. The monoisotopic (exact) mass is 485 g/mol. The van der Waals surface area contributed by atoms with Gasteiger partial charge in [0.15, 0.2) is 0 Å². The molecular weight excluding hydrogens is 461 g/mol. The van der Waals surface area contributed by atoms with Crippen molar-refractivity contribution in [1.82, 2.24) is 9.78 Å². The zero-order chi connectivity index (χ0) is 22.9. The number of carboxylic acids is 1. The lowest BCUT2D eigenvalue weighted by Gasteiger charge is -2.33. The maximum atomic E-state index is 11.1. The Kier molecular flexibility index (Phi) is 6.32. The number of piperidine rings is 1. The van der Waals surface area contributed by atoms with Crippen LogP contribution < -0.4 is 4.90 Å². The van der Waals surface area contributed by atoms with Crippen molar-refractivity contribution in [3.63, 3.8) is 0 Å². The Balaban J connectivity index is 1.26. The van der Waals surface area contributed by atoms with Gasteiger partial charge in [0, 0.05) is 18.8 Å². The molecule has 1 aromatic heterocycles. The van der Waals surface area contributed by atoms with Crippen LogP contribution in [-0.2, 0) is 11.3 Å². The van der Waals surface area contributed by atoms with E-state index < -0.39 is 5.97 Å². The minimum absolute atomic E-state index is 0.150. The average molecular weight is 486 g/mol. The smallest absolute Gasteiger partial charge is 0.335 e. The molecule has 0 atom stereocenters. The zero-order valence-electron chi connectivity index (χ0n) is 18.1. The molecule has 1 N–H and O–H groups in total. The molecule has 172 valence electrons. The molecule has 8 heteroatoms. The molecule has 3 aromatic rings. The zero-order valence-corrected chi connectivity index (χ0v) is 19.6. The van der Waals surface area contributed by atoms with E-state index in [4.69, 9.17) is 33.0 Å². The number of nitrogens with zero attached hydrogens (tertiary/aromatic N) is 3. The second kappa shape index (κ2) is 9.37. The van der Waals surface area contributed by atoms with Crippen molar-refractivity contribution in [2.45, 2.75) is 44.3 Å². The molecular formula is C25H25Cl2N3O3. The maximum Gasteiger partial charge on any atom is 0.335 e. The van der Waals surface area contributed by atoms with Gasteiger partial charge in [0.25, 0.3) is 0 Å². The largest absolute Gasteiger partial charge is 0.478 e. The molecule has 0 spiro atoms. The fourth-order valence-electron chi connectivity index (χ4n) is 4.44. The number of ether oxygens (including phenoxy) is 1. The molecule has 33 heavy (non-hydrogen) atoms. The van der Waals surface area contributed by atoms with Crippen molar-refractivity contribution >= 4 is 34.9 Å². The number of aromatic carboxylic acids is 1. The number of carbonyl (C=O) groups is 1. The van der Waals surface area contributed by atoms with Gasteiger partial charge in [-0.1, -0.05) is 29.3 Å². The molecule has 0 bridgehead atoms. The summed E-state index contributed by atoms with van der Waals surface area (Å²) in [5.41, 5.74) is 4.30. The van der Waals surface area contributed by atoms with Gasteiger partial charge < -0.3 is 14.7 Å². The molecule has 1 saturated heterocycles. The Hall–Kier alpha value is -2.54. The van der Waals surface area contributed by atoms with Gasteiger partial charge >= 0.3 is 5.97 Å². The summed E-state index contributed by atoms with van der Waals surface area (Å²) in [5.74, 6) is -0.370. The third kappa shape index (κ3) is 4.74. The lowest BCUT2D eigenvalue weighted by molar-refractivity contribution is 0.0222. The Labute approximate surface area is 202 Å². The van der Waals surface area contributed by atoms with Crippen LogP contribution in [0.2, 0.25) is 10.0 Å². The summed E-state index contributed by atoms with van der Waals surface area (Å²) in [6.07, 6.45) is 6.24. The summed E-state index contributed by atoms with van der Waals surface area (Å²) in [4.78, 5) is 13.3. The van der Waals surface area contributed by atoms with Gasteiger partial charge in [0.2, 0.25) is 0 Å². The van der Waals surface area contributed by atoms with Crippen LogP contribution in [0.5, 0.6) is 0 Å². The molecule has 5 rings (SSSR count). The highest BCUT2D eigenvalue weighted by Crippen LogP contribution is 2.43. The maximum absolute atomic E-state index is 11.1. The number of halogens is 2. The van der Waals surface area contributed by atoms with E-state index in [0.29, 0.717) is 33.8 Å². The first-order valence-electron chi connectivity index (χ1n) is 11.2. The molecule has 0 radical (unpaired) electrons. The molecule has 2 aliphatic rings. The van der Waals surface area contributed by atoms with Crippen LogP contribution >= 0.6 is 23.2 Å².